The number of alkyl halides is 3. The Morgan fingerprint density at radius 1 is 1.44 bits per heavy atom. The summed E-state index contributed by atoms with van der Waals surface area (Å²) in [5.41, 5.74) is -5.41. The normalized spacial score (nSPS) is 22.7. The van der Waals surface area contributed by atoms with Crippen molar-refractivity contribution in [3.63, 3.8) is 0 Å². The number of hydrogen-bond donors (Lipinski definition) is 0. The molecule has 0 aromatic rings. The van der Waals surface area contributed by atoms with Crippen LogP contribution in [0.1, 0.15) is 19.8 Å². The molecule has 1 atom stereocenters. The summed E-state index contributed by atoms with van der Waals surface area (Å²) in [4.78, 5) is 0. The quantitative estimate of drug-likeness (QED) is 0.714. The highest BCUT2D eigenvalue weighted by Gasteiger charge is 2.52. The van der Waals surface area contributed by atoms with Crippen LogP contribution in [-0.4, -0.2) is 19.2 Å². The molecule has 1 unspecified atom stereocenters. The van der Waals surface area contributed by atoms with Crippen LogP contribution in [0.4, 0.5) is 17.6 Å². The lowest BCUT2D eigenvalue weighted by Crippen LogP contribution is -2.35. The van der Waals surface area contributed by atoms with Crippen molar-refractivity contribution in [2.24, 2.45) is 0 Å². The van der Waals surface area contributed by atoms with Gasteiger partial charge in [0.15, 0.2) is 0 Å². The third kappa shape index (κ3) is 2.14. The molecule has 1 aliphatic rings. The van der Waals surface area contributed by atoms with Gasteiger partial charge in [0, 0.05) is 0 Å². The lowest BCUT2D eigenvalue weighted by atomic mass is 10.0. The van der Waals surface area contributed by atoms with Crippen molar-refractivity contribution >= 4 is 9.84 Å². The van der Waals surface area contributed by atoms with Gasteiger partial charge in [-0.1, -0.05) is 19.1 Å². The van der Waals surface area contributed by atoms with Crippen LogP contribution in [0.5, 0.6) is 0 Å². The monoisotopic (exact) mass is 258 g/mol. The molecule has 0 bridgehead atoms. The largest absolute Gasteiger partial charge is 0.498 e. The molecule has 0 spiro atoms. The molecule has 0 N–H and O–H groups in total. The third-order valence-corrected chi connectivity index (χ3v) is 4.13. The number of hydrogen-bond acceptors (Lipinski definition) is 2. The Morgan fingerprint density at radius 2 is 2.00 bits per heavy atom. The first-order valence-electron chi connectivity index (χ1n) is 4.57. The van der Waals surface area contributed by atoms with Crippen molar-refractivity contribution in [3.05, 3.63) is 23.6 Å². The average Bonchev–Trinajstić information content (AvgIpc) is 2.16. The van der Waals surface area contributed by atoms with E-state index in [0.29, 0.717) is 0 Å². The van der Waals surface area contributed by atoms with E-state index in [0.717, 1.165) is 0 Å². The Balaban J connectivity index is 3.19. The molecular formula is C9H10F4O2S. The number of sulfone groups is 1. The van der Waals surface area contributed by atoms with Gasteiger partial charge in [0.2, 0.25) is 0 Å². The predicted octanol–water partition coefficient (Wildman–Crippen LogP) is 2.88. The summed E-state index contributed by atoms with van der Waals surface area (Å²) in [7, 11) is -5.48. The van der Waals surface area contributed by atoms with E-state index >= 15 is 0 Å². The minimum absolute atomic E-state index is 0.00377. The fourth-order valence-corrected chi connectivity index (χ4v) is 2.55. The van der Waals surface area contributed by atoms with E-state index in [2.05, 4.69) is 0 Å². The fourth-order valence-electron chi connectivity index (χ4n) is 1.43. The molecule has 0 aromatic heterocycles. The summed E-state index contributed by atoms with van der Waals surface area (Å²) in [6, 6.07) is 0. The Morgan fingerprint density at radius 3 is 2.44 bits per heavy atom. The molecule has 1 rings (SSSR count). The van der Waals surface area contributed by atoms with E-state index in [1.807, 2.05) is 0 Å². The molecule has 0 aromatic carbocycles. The maximum atomic E-state index is 13.5. The molecule has 1 aliphatic carbocycles. The van der Waals surface area contributed by atoms with Crippen LogP contribution in [0.15, 0.2) is 23.6 Å². The standard InChI is InChI=1S/C9H10F4O2S/c1-2-6-4-3-5-7(8(6)10)16(14,15)9(11,12)13/h3-4,7H,2,5H2,1H3. The van der Waals surface area contributed by atoms with Crippen molar-refractivity contribution in [1.29, 1.82) is 0 Å². The molecule has 0 aliphatic heterocycles. The zero-order chi connectivity index (χ0) is 12.6. The number of rotatable bonds is 2. The molecule has 7 heteroatoms. The zero-order valence-electron chi connectivity index (χ0n) is 8.38. The van der Waals surface area contributed by atoms with Crippen molar-refractivity contribution < 1.29 is 26.0 Å². The first-order valence-corrected chi connectivity index (χ1v) is 6.11. The smallest absolute Gasteiger partial charge is 0.219 e. The van der Waals surface area contributed by atoms with E-state index in [1.54, 1.807) is 6.92 Å². The second kappa shape index (κ2) is 4.20. The number of halogens is 4. The molecular weight excluding hydrogens is 248 g/mol. The Bertz CT molecular complexity index is 431. The van der Waals surface area contributed by atoms with Crippen LogP contribution < -0.4 is 0 Å². The Hall–Kier alpha value is -0.850. The van der Waals surface area contributed by atoms with E-state index in [-0.39, 0.29) is 12.0 Å². The average molecular weight is 258 g/mol. The molecule has 0 fully saturated rings. The second-order valence-corrected chi connectivity index (χ2v) is 5.47. The van der Waals surface area contributed by atoms with Gasteiger partial charge in [0.1, 0.15) is 11.1 Å². The molecule has 92 valence electrons. The van der Waals surface area contributed by atoms with Crippen molar-refractivity contribution in [3.8, 4) is 0 Å². The van der Waals surface area contributed by atoms with Crippen LogP contribution in [-0.2, 0) is 9.84 Å². The van der Waals surface area contributed by atoms with Gasteiger partial charge < -0.3 is 0 Å². The SMILES string of the molecule is CCC1=C(F)C(S(=O)(=O)C(F)(F)F)CC=C1. The minimum atomic E-state index is -5.48. The van der Waals surface area contributed by atoms with Gasteiger partial charge in [0.05, 0.1) is 0 Å². The molecule has 2 nitrogen and oxygen atoms in total. The van der Waals surface area contributed by atoms with Crippen molar-refractivity contribution in [2.75, 3.05) is 0 Å². The van der Waals surface area contributed by atoms with Gasteiger partial charge in [-0.15, -0.1) is 0 Å². The van der Waals surface area contributed by atoms with Crippen LogP contribution in [0.2, 0.25) is 0 Å². The van der Waals surface area contributed by atoms with E-state index in [9.17, 15) is 26.0 Å². The van der Waals surface area contributed by atoms with E-state index < -0.39 is 32.8 Å². The second-order valence-electron chi connectivity index (χ2n) is 3.34. The third-order valence-electron chi connectivity index (χ3n) is 2.34. The van der Waals surface area contributed by atoms with Crippen LogP contribution >= 0.6 is 0 Å². The molecule has 0 radical (unpaired) electrons. The first-order chi connectivity index (χ1) is 7.21. The lowest BCUT2D eigenvalue weighted by Gasteiger charge is -2.20. The minimum Gasteiger partial charge on any atom is -0.219 e. The molecule has 16 heavy (non-hydrogen) atoms. The highest BCUT2D eigenvalue weighted by atomic mass is 32.2. The van der Waals surface area contributed by atoms with Crippen LogP contribution in [0, 0.1) is 0 Å². The van der Waals surface area contributed by atoms with Gasteiger partial charge in [-0.3, -0.25) is 0 Å². The maximum absolute atomic E-state index is 13.5. The highest BCUT2D eigenvalue weighted by molar-refractivity contribution is 7.93. The topological polar surface area (TPSA) is 34.1 Å². The van der Waals surface area contributed by atoms with Gasteiger partial charge in [-0.25, -0.2) is 12.8 Å². The summed E-state index contributed by atoms with van der Waals surface area (Å²) in [6.07, 6.45) is 2.25. The summed E-state index contributed by atoms with van der Waals surface area (Å²) in [6.45, 7) is 1.54. The van der Waals surface area contributed by atoms with Gasteiger partial charge in [-0.2, -0.15) is 13.2 Å². The summed E-state index contributed by atoms with van der Waals surface area (Å²) in [5, 5.41) is -2.12. The fraction of sp³-hybridized carbons (Fsp3) is 0.556. The predicted molar refractivity (Wildman–Crippen MR) is 50.9 cm³/mol. The first kappa shape index (κ1) is 13.2. The van der Waals surface area contributed by atoms with Gasteiger partial charge in [-0.05, 0) is 18.4 Å². The lowest BCUT2D eigenvalue weighted by molar-refractivity contribution is -0.0443. The maximum Gasteiger partial charge on any atom is 0.498 e. The summed E-state index contributed by atoms with van der Waals surface area (Å²) < 4.78 is 72.2. The Labute approximate surface area is 90.6 Å². The van der Waals surface area contributed by atoms with Crippen molar-refractivity contribution in [2.45, 2.75) is 30.5 Å². The van der Waals surface area contributed by atoms with E-state index in [4.69, 9.17) is 0 Å². The summed E-state index contributed by atoms with van der Waals surface area (Å²) in [5.74, 6) is -1.19. The highest BCUT2D eigenvalue weighted by Crippen LogP contribution is 2.36. The molecule has 0 saturated carbocycles. The molecule has 0 saturated heterocycles. The molecule has 0 amide bonds. The Kier molecular flexibility index (Phi) is 3.47. The summed E-state index contributed by atoms with van der Waals surface area (Å²) >= 11 is 0. The molecule has 0 heterocycles. The van der Waals surface area contributed by atoms with Crippen molar-refractivity contribution in [1.82, 2.24) is 0 Å². The van der Waals surface area contributed by atoms with Crippen LogP contribution in [0.3, 0.4) is 0 Å². The van der Waals surface area contributed by atoms with Gasteiger partial charge >= 0.3 is 5.51 Å². The van der Waals surface area contributed by atoms with Crippen LogP contribution in [0.25, 0.3) is 0 Å². The zero-order valence-corrected chi connectivity index (χ0v) is 9.20. The van der Waals surface area contributed by atoms with Gasteiger partial charge in [0.25, 0.3) is 9.84 Å². The number of allylic oxidation sites excluding steroid dienone is 3. The van der Waals surface area contributed by atoms with E-state index in [1.165, 1.54) is 12.2 Å².